The fourth-order valence-corrected chi connectivity index (χ4v) is 2.18. The number of rotatable bonds is 4. The molecule has 0 aliphatic carbocycles. The lowest BCUT2D eigenvalue weighted by Crippen LogP contribution is -2.09. The third kappa shape index (κ3) is 3.08. The van der Waals surface area contributed by atoms with Crippen LogP contribution in [0.2, 0.25) is 5.15 Å². The number of nitrogens with zero attached hydrogens (tertiary/aromatic N) is 1. The molecule has 0 amide bonds. The predicted octanol–water partition coefficient (Wildman–Crippen LogP) is 3.44. The van der Waals surface area contributed by atoms with Crippen LogP contribution >= 0.6 is 11.6 Å². The molecule has 1 N–H and O–H groups in total. The van der Waals surface area contributed by atoms with E-state index >= 15 is 0 Å². The van der Waals surface area contributed by atoms with Gasteiger partial charge >= 0.3 is 5.97 Å². The lowest BCUT2D eigenvalue weighted by molar-refractivity contribution is 0.0599. The van der Waals surface area contributed by atoms with Crippen molar-refractivity contribution in [1.82, 2.24) is 4.98 Å². The molecule has 0 aliphatic heterocycles. The van der Waals surface area contributed by atoms with Gasteiger partial charge in [-0.1, -0.05) is 29.8 Å². The molecule has 1 heterocycles. The normalized spacial score (nSPS) is 10.2. The molecular formula is C15H15ClN2O2. The van der Waals surface area contributed by atoms with Gasteiger partial charge in [0.15, 0.2) is 5.15 Å². The first kappa shape index (κ1) is 14.3. The van der Waals surface area contributed by atoms with Crippen LogP contribution < -0.4 is 5.32 Å². The van der Waals surface area contributed by atoms with Crippen LogP contribution in [0.5, 0.6) is 0 Å². The number of halogens is 1. The summed E-state index contributed by atoms with van der Waals surface area (Å²) in [7, 11) is 1.37. The SMILES string of the molecule is COC(=O)c1ccccc1CNc1c(C)ccnc1Cl. The molecule has 1 aromatic heterocycles. The largest absolute Gasteiger partial charge is 0.465 e. The number of carbonyl (C=O) groups excluding carboxylic acids is 1. The first-order valence-corrected chi connectivity index (χ1v) is 6.52. The minimum Gasteiger partial charge on any atom is -0.465 e. The zero-order valence-corrected chi connectivity index (χ0v) is 12.1. The summed E-state index contributed by atoms with van der Waals surface area (Å²) in [6.45, 7) is 2.42. The first-order chi connectivity index (χ1) is 9.63. The molecule has 4 nitrogen and oxygen atoms in total. The molecule has 0 bridgehead atoms. The van der Waals surface area contributed by atoms with Gasteiger partial charge in [-0.25, -0.2) is 9.78 Å². The standard InChI is InChI=1S/C15H15ClN2O2/c1-10-7-8-17-14(16)13(10)18-9-11-5-3-4-6-12(11)15(19)20-2/h3-8,18H,9H2,1-2H3. The Morgan fingerprint density at radius 1 is 1.35 bits per heavy atom. The van der Waals surface area contributed by atoms with Gasteiger partial charge in [-0.15, -0.1) is 0 Å². The molecule has 0 unspecified atom stereocenters. The zero-order chi connectivity index (χ0) is 14.5. The van der Waals surface area contributed by atoms with E-state index in [2.05, 4.69) is 10.3 Å². The van der Waals surface area contributed by atoms with Crippen LogP contribution in [0.15, 0.2) is 36.5 Å². The van der Waals surface area contributed by atoms with E-state index in [1.807, 2.05) is 25.1 Å². The molecule has 0 spiro atoms. The van der Waals surface area contributed by atoms with Crippen LogP contribution in [-0.2, 0) is 11.3 Å². The molecule has 5 heteroatoms. The quantitative estimate of drug-likeness (QED) is 0.692. The van der Waals surface area contributed by atoms with Gasteiger partial charge in [0.1, 0.15) is 0 Å². The summed E-state index contributed by atoms with van der Waals surface area (Å²) in [6.07, 6.45) is 1.66. The molecule has 0 fully saturated rings. The molecule has 2 rings (SSSR count). The van der Waals surface area contributed by atoms with Crippen molar-refractivity contribution in [2.75, 3.05) is 12.4 Å². The molecule has 0 atom stereocenters. The van der Waals surface area contributed by atoms with Crippen molar-refractivity contribution in [3.63, 3.8) is 0 Å². The maximum atomic E-state index is 11.7. The van der Waals surface area contributed by atoms with Gasteiger partial charge in [0.05, 0.1) is 18.4 Å². The van der Waals surface area contributed by atoms with Gasteiger partial charge in [-0.2, -0.15) is 0 Å². The minimum atomic E-state index is -0.351. The van der Waals surface area contributed by atoms with Gasteiger partial charge in [-0.05, 0) is 30.2 Å². The van der Waals surface area contributed by atoms with E-state index in [1.54, 1.807) is 18.3 Å². The van der Waals surface area contributed by atoms with Crippen LogP contribution in [0.4, 0.5) is 5.69 Å². The van der Waals surface area contributed by atoms with Gasteiger partial charge < -0.3 is 10.1 Å². The number of anilines is 1. The van der Waals surface area contributed by atoms with Crippen LogP contribution in [0.1, 0.15) is 21.5 Å². The summed E-state index contributed by atoms with van der Waals surface area (Å²) in [5.74, 6) is -0.351. The summed E-state index contributed by atoms with van der Waals surface area (Å²) in [4.78, 5) is 15.7. The predicted molar refractivity (Wildman–Crippen MR) is 79.1 cm³/mol. The second-order valence-electron chi connectivity index (χ2n) is 4.30. The number of carbonyl (C=O) groups is 1. The summed E-state index contributed by atoms with van der Waals surface area (Å²) < 4.78 is 4.77. The van der Waals surface area contributed by atoms with E-state index in [9.17, 15) is 4.79 Å². The Kier molecular flexibility index (Phi) is 4.58. The average Bonchev–Trinajstić information content (AvgIpc) is 2.46. The molecule has 0 saturated carbocycles. The lowest BCUT2D eigenvalue weighted by atomic mass is 10.1. The number of esters is 1. The minimum absolute atomic E-state index is 0.351. The average molecular weight is 291 g/mol. The highest BCUT2D eigenvalue weighted by Crippen LogP contribution is 2.24. The van der Waals surface area contributed by atoms with E-state index in [4.69, 9.17) is 16.3 Å². The number of ether oxygens (including phenoxy) is 1. The molecule has 104 valence electrons. The number of aromatic nitrogens is 1. The summed E-state index contributed by atoms with van der Waals surface area (Å²) in [5.41, 5.74) is 3.16. The van der Waals surface area contributed by atoms with Gasteiger partial charge in [0.25, 0.3) is 0 Å². The molecule has 20 heavy (non-hydrogen) atoms. The fraction of sp³-hybridized carbons (Fsp3) is 0.200. The Bertz CT molecular complexity index is 609. The number of methoxy groups -OCH3 is 1. The lowest BCUT2D eigenvalue weighted by Gasteiger charge is -2.12. The van der Waals surface area contributed by atoms with Crippen LogP contribution in [0.25, 0.3) is 0 Å². The van der Waals surface area contributed by atoms with Gasteiger partial charge in [0.2, 0.25) is 0 Å². The third-order valence-corrected chi connectivity index (χ3v) is 3.28. The number of hydrogen-bond donors (Lipinski definition) is 1. The van der Waals surface area contributed by atoms with Crippen LogP contribution in [-0.4, -0.2) is 18.1 Å². The first-order valence-electron chi connectivity index (χ1n) is 6.14. The Morgan fingerprint density at radius 3 is 2.80 bits per heavy atom. The molecule has 0 aliphatic rings. The van der Waals surface area contributed by atoms with E-state index in [0.29, 0.717) is 17.3 Å². The molecular weight excluding hydrogens is 276 g/mol. The maximum Gasteiger partial charge on any atom is 0.338 e. The van der Waals surface area contributed by atoms with E-state index in [-0.39, 0.29) is 5.97 Å². The van der Waals surface area contributed by atoms with Crippen molar-refractivity contribution >= 4 is 23.3 Å². The Balaban J connectivity index is 2.21. The van der Waals surface area contributed by atoms with Crippen molar-refractivity contribution < 1.29 is 9.53 Å². The highest BCUT2D eigenvalue weighted by atomic mass is 35.5. The number of pyridine rings is 1. The fourth-order valence-electron chi connectivity index (χ4n) is 1.90. The highest BCUT2D eigenvalue weighted by Gasteiger charge is 2.11. The second-order valence-corrected chi connectivity index (χ2v) is 4.65. The third-order valence-electron chi connectivity index (χ3n) is 2.99. The smallest absolute Gasteiger partial charge is 0.338 e. The Labute approximate surface area is 122 Å². The summed E-state index contributed by atoms with van der Waals surface area (Å²) in [5, 5.41) is 3.63. The van der Waals surface area contributed by atoms with Crippen LogP contribution in [0, 0.1) is 6.92 Å². The van der Waals surface area contributed by atoms with E-state index in [1.165, 1.54) is 7.11 Å². The van der Waals surface area contributed by atoms with E-state index in [0.717, 1.165) is 16.8 Å². The molecule has 2 aromatic rings. The van der Waals surface area contributed by atoms with Crippen molar-refractivity contribution in [3.8, 4) is 0 Å². The number of aryl methyl sites for hydroxylation is 1. The summed E-state index contributed by atoms with van der Waals surface area (Å²) in [6, 6.07) is 9.17. The molecule has 1 aromatic carbocycles. The topological polar surface area (TPSA) is 51.2 Å². The second kappa shape index (κ2) is 6.39. The Morgan fingerprint density at radius 2 is 2.10 bits per heavy atom. The maximum absolute atomic E-state index is 11.7. The van der Waals surface area contributed by atoms with Crippen LogP contribution in [0.3, 0.4) is 0 Å². The van der Waals surface area contributed by atoms with Crippen molar-refractivity contribution in [3.05, 3.63) is 58.4 Å². The van der Waals surface area contributed by atoms with Crippen molar-refractivity contribution in [1.29, 1.82) is 0 Å². The van der Waals surface area contributed by atoms with Crippen molar-refractivity contribution in [2.45, 2.75) is 13.5 Å². The number of nitrogens with one attached hydrogen (secondary N) is 1. The molecule has 0 saturated heterocycles. The summed E-state index contributed by atoms with van der Waals surface area (Å²) >= 11 is 6.06. The number of hydrogen-bond acceptors (Lipinski definition) is 4. The monoisotopic (exact) mass is 290 g/mol. The highest BCUT2D eigenvalue weighted by molar-refractivity contribution is 6.32. The van der Waals surface area contributed by atoms with Gasteiger partial charge in [0, 0.05) is 12.7 Å². The van der Waals surface area contributed by atoms with Crippen molar-refractivity contribution in [2.24, 2.45) is 0 Å². The van der Waals surface area contributed by atoms with E-state index < -0.39 is 0 Å². The molecule has 0 radical (unpaired) electrons. The zero-order valence-electron chi connectivity index (χ0n) is 11.3. The van der Waals surface area contributed by atoms with Gasteiger partial charge in [-0.3, -0.25) is 0 Å². The number of benzene rings is 1. The Hall–Kier alpha value is -2.07.